The van der Waals surface area contributed by atoms with E-state index in [2.05, 4.69) is 15.0 Å². The van der Waals surface area contributed by atoms with Crippen molar-refractivity contribution in [2.75, 3.05) is 18.9 Å². The summed E-state index contributed by atoms with van der Waals surface area (Å²) in [6.07, 6.45) is 0.978. The third kappa shape index (κ3) is 2.84. The summed E-state index contributed by atoms with van der Waals surface area (Å²) in [5.74, 6) is 0.0129. The number of ether oxygens (including phenoxy) is 1. The molecule has 0 radical (unpaired) electrons. The van der Waals surface area contributed by atoms with E-state index in [0.29, 0.717) is 6.42 Å². The molecule has 0 spiro atoms. The summed E-state index contributed by atoms with van der Waals surface area (Å²) in [7, 11) is 0. The van der Waals surface area contributed by atoms with Crippen molar-refractivity contribution in [2.45, 2.75) is 18.8 Å². The first kappa shape index (κ1) is 13.3. The zero-order valence-electron chi connectivity index (χ0n) is 10.1. The van der Waals surface area contributed by atoms with Crippen molar-refractivity contribution in [1.29, 1.82) is 0 Å². The van der Waals surface area contributed by atoms with E-state index in [1.54, 1.807) is 0 Å². The second-order valence-corrected chi connectivity index (χ2v) is 4.26. The molecule has 1 aliphatic heterocycles. The van der Waals surface area contributed by atoms with Crippen LogP contribution in [0.3, 0.4) is 0 Å². The molecule has 0 amide bonds. The molecule has 0 bridgehead atoms. The number of nitrogens with zero attached hydrogens (tertiary/aromatic N) is 5. The molecule has 0 aromatic carbocycles. The van der Waals surface area contributed by atoms with E-state index in [4.69, 9.17) is 16.0 Å². The number of nitrogen functional groups attached to an aromatic ring is 1. The van der Waals surface area contributed by atoms with Crippen molar-refractivity contribution < 1.29 is 9.84 Å². The first-order valence-electron chi connectivity index (χ1n) is 5.77. The van der Waals surface area contributed by atoms with Crippen molar-refractivity contribution in [1.82, 2.24) is 9.55 Å². The molecule has 0 aliphatic carbocycles. The van der Waals surface area contributed by atoms with Gasteiger partial charge in [0.15, 0.2) is 0 Å². The van der Waals surface area contributed by atoms with Gasteiger partial charge in [-0.15, -0.1) is 0 Å². The summed E-state index contributed by atoms with van der Waals surface area (Å²) in [6.45, 7) is 0.0225. The molecule has 1 unspecified atom stereocenters. The Balaban J connectivity index is 2.18. The van der Waals surface area contributed by atoms with Crippen LogP contribution in [0.25, 0.3) is 10.4 Å². The molecule has 3 N–H and O–H groups in total. The lowest BCUT2D eigenvalue weighted by molar-refractivity contribution is -0.0318. The highest BCUT2D eigenvalue weighted by atomic mass is 16.5. The van der Waals surface area contributed by atoms with Crippen molar-refractivity contribution in [3.05, 3.63) is 33.2 Å². The summed E-state index contributed by atoms with van der Waals surface area (Å²) >= 11 is 0. The maximum absolute atomic E-state index is 11.7. The van der Waals surface area contributed by atoms with E-state index in [1.165, 1.54) is 16.8 Å². The Bertz CT molecular complexity index is 552. The van der Waals surface area contributed by atoms with Crippen LogP contribution in [0.2, 0.25) is 0 Å². The van der Waals surface area contributed by atoms with Gasteiger partial charge in [0.2, 0.25) is 0 Å². The number of hydrogen-bond donors (Lipinski definition) is 2. The van der Waals surface area contributed by atoms with Gasteiger partial charge in [0.05, 0.1) is 12.7 Å². The monoisotopic (exact) mass is 266 g/mol. The van der Waals surface area contributed by atoms with E-state index in [-0.39, 0.29) is 24.9 Å². The molecule has 1 aromatic rings. The Kier molecular flexibility index (Phi) is 4.00. The highest BCUT2D eigenvalue weighted by Crippen LogP contribution is 2.32. The molecular weight excluding hydrogens is 252 g/mol. The number of nitrogens with two attached hydrogens (primary N) is 1. The molecule has 3 atom stereocenters. The fourth-order valence-corrected chi connectivity index (χ4v) is 2.13. The molecule has 2 heterocycles. The van der Waals surface area contributed by atoms with Crippen LogP contribution in [0.5, 0.6) is 0 Å². The largest absolute Gasteiger partial charge is 0.394 e. The lowest BCUT2D eigenvalue weighted by Gasteiger charge is -2.14. The molecule has 9 heteroatoms. The van der Waals surface area contributed by atoms with Crippen molar-refractivity contribution in [2.24, 2.45) is 11.0 Å². The zero-order chi connectivity index (χ0) is 13.8. The van der Waals surface area contributed by atoms with Crippen molar-refractivity contribution in [3.63, 3.8) is 0 Å². The normalized spacial score (nSPS) is 26.1. The maximum atomic E-state index is 11.7. The average molecular weight is 266 g/mol. The number of hydrogen-bond acceptors (Lipinski definition) is 6. The molecule has 1 saturated heterocycles. The van der Waals surface area contributed by atoms with E-state index in [0.717, 1.165) is 0 Å². The molecule has 1 fully saturated rings. The minimum absolute atomic E-state index is 0.129. The smallest absolute Gasteiger partial charge is 0.351 e. The number of anilines is 1. The minimum atomic E-state index is -0.531. The molecule has 9 nitrogen and oxygen atoms in total. The van der Waals surface area contributed by atoms with E-state index < -0.39 is 18.0 Å². The number of rotatable bonds is 4. The predicted octanol–water partition coefficient (Wildman–Crippen LogP) is 0.0318. The summed E-state index contributed by atoms with van der Waals surface area (Å²) in [4.78, 5) is 18.0. The number of aliphatic hydroxyl groups excluding tert-OH is 1. The van der Waals surface area contributed by atoms with Gasteiger partial charge in [0.1, 0.15) is 12.0 Å². The zero-order valence-corrected chi connectivity index (χ0v) is 10.1. The lowest BCUT2D eigenvalue weighted by Crippen LogP contribution is -2.27. The van der Waals surface area contributed by atoms with E-state index in [1.807, 2.05) is 0 Å². The highest BCUT2D eigenvalue weighted by molar-refractivity contribution is 5.23. The third-order valence-electron chi connectivity index (χ3n) is 3.08. The molecule has 0 saturated carbocycles. The van der Waals surface area contributed by atoms with Crippen LogP contribution in [-0.2, 0) is 4.74 Å². The van der Waals surface area contributed by atoms with Crippen LogP contribution >= 0.6 is 0 Å². The number of aliphatic hydroxyl groups is 1. The molecule has 19 heavy (non-hydrogen) atoms. The van der Waals surface area contributed by atoms with Crippen LogP contribution < -0.4 is 11.4 Å². The average Bonchev–Trinajstić information content (AvgIpc) is 2.79. The van der Waals surface area contributed by atoms with Gasteiger partial charge in [-0.25, -0.2) is 4.79 Å². The Morgan fingerprint density at radius 3 is 3.16 bits per heavy atom. The Morgan fingerprint density at radius 2 is 2.53 bits per heavy atom. The summed E-state index contributed by atoms with van der Waals surface area (Å²) in [6, 6.07) is 1.50. The quantitative estimate of drug-likeness (QED) is 0.449. The van der Waals surface area contributed by atoms with Crippen LogP contribution in [0.1, 0.15) is 12.6 Å². The SMILES string of the molecule is [N-]=[N+]=NCC1C[C@H](n2ccc(N)nc2=O)O[C@@H]1CO. The van der Waals surface area contributed by atoms with E-state index >= 15 is 0 Å². The van der Waals surface area contributed by atoms with Gasteiger partial charge >= 0.3 is 5.69 Å². The topological polar surface area (TPSA) is 139 Å². The van der Waals surface area contributed by atoms with Gasteiger partial charge in [-0.05, 0) is 23.9 Å². The van der Waals surface area contributed by atoms with Gasteiger partial charge in [-0.3, -0.25) is 4.57 Å². The second kappa shape index (κ2) is 5.70. The molecule has 102 valence electrons. The Morgan fingerprint density at radius 1 is 1.74 bits per heavy atom. The first-order valence-corrected chi connectivity index (χ1v) is 5.77. The summed E-state index contributed by atoms with van der Waals surface area (Å²) in [5, 5.41) is 12.7. The van der Waals surface area contributed by atoms with Gasteiger partial charge in [0, 0.05) is 17.7 Å². The Labute approximate surface area is 108 Å². The van der Waals surface area contributed by atoms with Crippen molar-refractivity contribution >= 4 is 5.82 Å². The number of aromatic nitrogens is 2. The minimum Gasteiger partial charge on any atom is -0.394 e. The van der Waals surface area contributed by atoms with Gasteiger partial charge in [-0.1, -0.05) is 5.11 Å². The molecule has 2 rings (SSSR count). The lowest BCUT2D eigenvalue weighted by atomic mass is 10.0. The second-order valence-electron chi connectivity index (χ2n) is 4.26. The van der Waals surface area contributed by atoms with Crippen molar-refractivity contribution in [3.8, 4) is 0 Å². The number of azide groups is 1. The third-order valence-corrected chi connectivity index (χ3v) is 3.08. The first-order chi connectivity index (χ1) is 9.15. The van der Waals surface area contributed by atoms with Gasteiger partial charge < -0.3 is 15.6 Å². The Hall–Kier alpha value is -2.09. The van der Waals surface area contributed by atoms with Crippen LogP contribution in [0.4, 0.5) is 5.82 Å². The fraction of sp³-hybridized carbons (Fsp3) is 0.600. The van der Waals surface area contributed by atoms with Crippen LogP contribution in [-0.4, -0.2) is 33.9 Å². The van der Waals surface area contributed by atoms with Crippen LogP contribution in [0, 0.1) is 5.92 Å². The molecule has 1 aliphatic rings. The molecular formula is C10H14N6O3. The van der Waals surface area contributed by atoms with Gasteiger partial charge in [0.25, 0.3) is 0 Å². The summed E-state index contributed by atoms with van der Waals surface area (Å²) in [5.41, 5.74) is 13.2. The standard InChI is InChI=1S/C10H14N6O3/c11-8-1-2-16(10(18)14-8)9-3-6(4-13-15-12)7(5-17)19-9/h1-2,6-7,9,17H,3-5H2,(H2,11,14,18)/t6?,7-,9-/m1/s1. The predicted molar refractivity (Wildman–Crippen MR) is 66.0 cm³/mol. The van der Waals surface area contributed by atoms with Crippen LogP contribution in [0.15, 0.2) is 22.2 Å². The fourth-order valence-electron chi connectivity index (χ4n) is 2.13. The summed E-state index contributed by atoms with van der Waals surface area (Å²) < 4.78 is 6.89. The van der Waals surface area contributed by atoms with E-state index in [9.17, 15) is 9.90 Å². The maximum Gasteiger partial charge on any atom is 0.351 e. The van der Waals surface area contributed by atoms with Gasteiger partial charge in [-0.2, -0.15) is 4.98 Å². The molecule has 1 aromatic heterocycles. The highest BCUT2D eigenvalue weighted by Gasteiger charge is 2.35.